The summed E-state index contributed by atoms with van der Waals surface area (Å²) in [6, 6.07) is 7.80. The third kappa shape index (κ3) is 4.47. The minimum absolute atomic E-state index is 0.650. The summed E-state index contributed by atoms with van der Waals surface area (Å²) in [7, 11) is 0. The van der Waals surface area contributed by atoms with Gasteiger partial charge in [-0.25, -0.2) is 0 Å². The van der Waals surface area contributed by atoms with Gasteiger partial charge in [-0.05, 0) is 25.5 Å². The van der Waals surface area contributed by atoms with Crippen LogP contribution in [-0.2, 0) is 4.89 Å². The fourth-order valence-corrected chi connectivity index (χ4v) is 1.13. The van der Waals surface area contributed by atoms with Crippen LogP contribution in [0.15, 0.2) is 24.3 Å². The normalized spacial score (nSPS) is 10.0. The van der Waals surface area contributed by atoms with Gasteiger partial charge in [0.1, 0.15) is 0 Å². The van der Waals surface area contributed by atoms with Crippen molar-refractivity contribution in [1.29, 1.82) is 0 Å². The molecule has 0 aliphatic heterocycles. The molecule has 0 atom stereocenters. The first-order valence-corrected chi connectivity index (χ1v) is 5.77. The topological polar surface area (TPSA) is 18.5 Å². The van der Waals surface area contributed by atoms with E-state index in [-0.39, 0.29) is 0 Å². The van der Waals surface area contributed by atoms with Crippen molar-refractivity contribution >= 4 is 22.6 Å². The van der Waals surface area contributed by atoms with Crippen LogP contribution in [0.4, 0.5) is 0 Å². The van der Waals surface area contributed by atoms with Crippen molar-refractivity contribution in [2.24, 2.45) is 0 Å². The smallest absolute Gasteiger partial charge is 0.165 e. The molecule has 0 bridgehead atoms. The van der Waals surface area contributed by atoms with Crippen LogP contribution in [-0.4, -0.2) is 11.0 Å². The average molecular weight is 292 g/mol. The summed E-state index contributed by atoms with van der Waals surface area (Å²) in [6.45, 7) is 2.69. The molecule has 0 amide bonds. The molecule has 0 unspecified atom stereocenters. The van der Waals surface area contributed by atoms with E-state index < -0.39 is 0 Å². The first-order valence-electron chi connectivity index (χ1n) is 4.25. The minimum Gasteiger partial charge on any atom is -0.338 e. The van der Waals surface area contributed by atoms with E-state index in [0.717, 1.165) is 16.6 Å². The number of halogens is 1. The molecule has 0 heterocycles. The second kappa shape index (κ2) is 6.21. The number of benzene rings is 1. The van der Waals surface area contributed by atoms with Gasteiger partial charge in [-0.1, -0.05) is 40.3 Å². The predicted molar refractivity (Wildman–Crippen MR) is 61.3 cm³/mol. The Morgan fingerprint density at radius 1 is 1.23 bits per heavy atom. The zero-order valence-electron chi connectivity index (χ0n) is 7.63. The number of alkyl halides is 1. The summed E-state index contributed by atoms with van der Waals surface area (Å²) >= 11 is 2.31. The molecule has 2 nitrogen and oxygen atoms in total. The molecule has 0 aliphatic carbocycles. The maximum Gasteiger partial charge on any atom is 0.165 e. The second-order valence-electron chi connectivity index (χ2n) is 2.76. The molecule has 1 rings (SSSR count). The fraction of sp³-hybridized carbons (Fsp3) is 0.400. The molecule has 3 heteroatoms. The van der Waals surface area contributed by atoms with Gasteiger partial charge in [-0.2, -0.15) is 4.89 Å². The Labute approximate surface area is 92.3 Å². The monoisotopic (exact) mass is 292 g/mol. The van der Waals surface area contributed by atoms with E-state index >= 15 is 0 Å². The minimum atomic E-state index is 0.650. The van der Waals surface area contributed by atoms with Crippen LogP contribution in [0.5, 0.6) is 5.75 Å². The number of rotatable bonds is 5. The van der Waals surface area contributed by atoms with Gasteiger partial charge in [0.2, 0.25) is 0 Å². The fourth-order valence-electron chi connectivity index (χ4n) is 0.817. The van der Waals surface area contributed by atoms with Gasteiger partial charge in [0.05, 0.1) is 6.61 Å². The van der Waals surface area contributed by atoms with Gasteiger partial charge < -0.3 is 4.89 Å². The SMILES string of the molecule is Cc1ccc(OOCCCI)cc1. The van der Waals surface area contributed by atoms with E-state index in [4.69, 9.17) is 9.78 Å². The predicted octanol–water partition coefficient (Wildman–Crippen LogP) is 3.13. The average Bonchev–Trinajstić information content (AvgIpc) is 2.15. The van der Waals surface area contributed by atoms with Crippen LogP contribution in [0, 0.1) is 6.92 Å². The molecule has 13 heavy (non-hydrogen) atoms. The highest BCUT2D eigenvalue weighted by Gasteiger charge is 1.93. The summed E-state index contributed by atoms with van der Waals surface area (Å²) < 4.78 is 1.09. The largest absolute Gasteiger partial charge is 0.338 e. The quantitative estimate of drug-likeness (QED) is 0.273. The molecule has 0 aromatic heterocycles. The van der Waals surface area contributed by atoms with Crippen LogP contribution >= 0.6 is 22.6 Å². The number of hydrogen-bond donors (Lipinski definition) is 0. The van der Waals surface area contributed by atoms with Crippen LogP contribution in [0.2, 0.25) is 0 Å². The van der Waals surface area contributed by atoms with Gasteiger partial charge >= 0.3 is 0 Å². The lowest BCUT2D eigenvalue weighted by atomic mass is 10.2. The first kappa shape index (κ1) is 10.8. The lowest BCUT2D eigenvalue weighted by Crippen LogP contribution is -1.99. The molecule has 0 radical (unpaired) electrons. The number of aryl methyl sites for hydroxylation is 1. The van der Waals surface area contributed by atoms with E-state index in [1.54, 1.807) is 0 Å². The van der Waals surface area contributed by atoms with E-state index in [1.807, 2.05) is 31.2 Å². The summed E-state index contributed by atoms with van der Waals surface area (Å²) in [5, 5.41) is 0. The van der Waals surface area contributed by atoms with Crippen molar-refractivity contribution < 1.29 is 9.78 Å². The van der Waals surface area contributed by atoms with Crippen molar-refractivity contribution in [2.75, 3.05) is 11.0 Å². The summed E-state index contributed by atoms with van der Waals surface area (Å²) in [5.41, 5.74) is 1.22. The summed E-state index contributed by atoms with van der Waals surface area (Å²) in [4.78, 5) is 10.1. The molecule has 0 saturated carbocycles. The van der Waals surface area contributed by atoms with E-state index in [2.05, 4.69) is 22.6 Å². The molecule has 72 valence electrons. The molecular formula is C10H13IO2. The Balaban J connectivity index is 2.25. The van der Waals surface area contributed by atoms with E-state index in [1.165, 1.54) is 5.56 Å². The van der Waals surface area contributed by atoms with Crippen LogP contribution in [0.25, 0.3) is 0 Å². The molecule has 0 spiro atoms. The maximum absolute atomic E-state index is 5.06. The molecular weight excluding hydrogens is 279 g/mol. The lowest BCUT2D eigenvalue weighted by molar-refractivity contribution is -0.206. The van der Waals surface area contributed by atoms with Crippen LogP contribution in [0.1, 0.15) is 12.0 Å². The van der Waals surface area contributed by atoms with E-state index in [0.29, 0.717) is 6.61 Å². The Morgan fingerprint density at radius 2 is 1.92 bits per heavy atom. The molecule has 0 aliphatic rings. The standard InChI is InChI=1S/C10H13IO2/c1-9-3-5-10(6-4-9)13-12-8-2-7-11/h3-6H,2,7-8H2,1H3. The molecule has 1 aromatic carbocycles. The Hall–Kier alpha value is -0.290. The molecule has 0 fully saturated rings. The van der Waals surface area contributed by atoms with Crippen LogP contribution < -0.4 is 4.89 Å². The highest BCUT2D eigenvalue weighted by atomic mass is 127. The molecule has 0 N–H and O–H groups in total. The zero-order chi connectivity index (χ0) is 9.52. The van der Waals surface area contributed by atoms with E-state index in [9.17, 15) is 0 Å². The Morgan fingerprint density at radius 3 is 2.54 bits per heavy atom. The third-order valence-electron chi connectivity index (χ3n) is 1.54. The maximum atomic E-state index is 5.06. The highest BCUT2D eigenvalue weighted by molar-refractivity contribution is 14.1. The van der Waals surface area contributed by atoms with Crippen molar-refractivity contribution in [3.8, 4) is 5.75 Å². The van der Waals surface area contributed by atoms with Gasteiger partial charge in [0, 0.05) is 4.43 Å². The van der Waals surface area contributed by atoms with Crippen LogP contribution in [0.3, 0.4) is 0 Å². The molecule has 1 aromatic rings. The van der Waals surface area contributed by atoms with Gasteiger partial charge in [0.25, 0.3) is 0 Å². The number of hydrogen-bond acceptors (Lipinski definition) is 2. The Kier molecular flexibility index (Phi) is 5.15. The van der Waals surface area contributed by atoms with Crippen molar-refractivity contribution in [3.63, 3.8) is 0 Å². The van der Waals surface area contributed by atoms with Gasteiger partial charge in [-0.15, -0.1) is 0 Å². The lowest BCUT2D eigenvalue weighted by Gasteiger charge is -2.03. The molecule has 0 saturated heterocycles. The second-order valence-corrected chi connectivity index (χ2v) is 3.84. The van der Waals surface area contributed by atoms with Crippen molar-refractivity contribution in [1.82, 2.24) is 0 Å². The van der Waals surface area contributed by atoms with Gasteiger partial charge in [-0.3, -0.25) is 0 Å². The first-order chi connectivity index (χ1) is 6.33. The summed E-state index contributed by atoms with van der Waals surface area (Å²) in [6.07, 6.45) is 1.02. The highest BCUT2D eigenvalue weighted by Crippen LogP contribution is 2.11. The zero-order valence-corrected chi connectivity index (χ0v) is 9.78. The van der Waals surface area contributed by atoms with Crippen molar-refractivity contribution in [3.05, 3.63) is 29.8 Å². The Bertz CT molecular complexity index is 233. The van der Waals surface area contributed by atoms with Crippen molar-refractivity contribution in [2.45, 2.75) is 13.3 Å². The van der Waals surface area contributed by atoms with Gasteiger partial charge in [0.15, 0.2) is 5.75 Å². The summed E-state index contributed by atoms with van der Waals surface area (Å²) in [5.74, 6) is 0.763. The third-order valence-corrected chi connectivity index (χ3v) is 2.30.